The first-order valence-corrected chi connectivity index (χ1v) is 18.6. The molecule has 6 heteroatoms. The van der Waals surface area contributed by atoms with E-state index >= 15 is 0 Å². The molecule has 6 rings (SSSR count). The van der Waals surface area contributed by atoms with Crippen molar-refractivity contribution in [3.8, 4) is 17.2 Å². The summed E-state index contributed by atoms with van der Waals surface area (Å²) >= 11 is 0. The van der Waals surface area contributed by atoms with Crippen molar-refractivity contribution < 1.29 is 14.2 Å². The first-order valence-electron chi connectivity index (χ1n) is 18.6. The van der Waals surface area contributed by atoms with E-state index in [0.29, 0.717) is 42.2 Å². The van der Waals surface area contributed by atoms with E-state index in [2.05, 4.69) is 91.3 Å². The van der Waals surface area contributed by atoms with Crippen molar-refractivity contribution in [1.29, 1.82) is 0 Å². The second-order valence-electron chi connectivity index (χ2n) is 15.0. The van der Waals surface area contributed by atoms with E-state index in [0.717, 1.165) is 36.5 Å². The Balaban J connectivity index is 1.12. The summed E-state index contributed by atoms with van der Waals surface area (Å²) in [6.45, 7) is 6.96. The van der Waals surface area contributed by atoms with E-state index in [9.17, 15) is 0 Å². The monoisotopic (exact) mass is 653 g/mol. The van der Waals surface area contributed by atoms with Crippen molar-refractivity contribution in [2.24, 2.45) is 5.92 Å². The molecule has 3 N–H and O–H groups in total. The van der Waals surface area contributed by atoms with Crippen LogP contribution in [0.2, 0.25) is 0 Å². The molecule has 6 nitrogen and oxygen atoms in total. The average molecular weight is 654 g/mol. The fraction of sp³-hybridized carbons (Fsp3) is 0.571. The molecule has 6 atom stereocenters. The van der Waals surface area contributed by atoms with Gasteiger partial charge >= 0.3 is 0 Å². The van der Waals surface area contributed by atoms with Crippen molar-refractivity contribution >= 4 is 0 Å². The van der Waals surface area contributed by atoms with Gasteiger partial charge in [0.05, 0.1) is 21.3 Å². The van der Waals surface area contributed by atoms with Crippen molar-refractivity contribution in [2.45, 2.75) is 128 Å². The molecule has 6 unspecified atom stereocenters. The van der Waals surface area contributed by atoms with Crippen molar-refractivity contribution in [3.63, 3.8) is 0 Å². The van der Waals surface area contributed by atoms with Gasteiger partial charge in [-0.25, -0.2) is 0 Å². The first-order chi connectivity index (χ1) is 23.3. The standard InChI is InChI=1S/C42H59N3O3/c1-27-21-31-24-34(46-4)13-16-37(31)40(43-27)10-8-7-9-30(11-19-41-38-17-14-35(47-5)25-32(38)22-28(2)44-41)12-20-42-39-18-15-36(48-6)26-33(39)23-29(3)45-42/h13-18,24-30,40-45H,7-12,19-23H2,1-6H3. The number of ether oxygens (including phenoxy) is 3. The van der Waals surface area contributed by atoms with Gasteiger partial charge in [0.1, 0.15) is 17.2 Å². The minimum Gasteiger partial charge on any atom is -0.497 e. The molecule has 0 aromatic heterocycles. The molecule has 0 aliphatic carbocycles. The molecule has 260 valence electrons. The van der Waals surface area contributed by atoms with Gasteiger partial charge in [0.2, 0.25) is 0 Å². The second kappa shape index (κ2) is 16.1. The molecule has 3 aromatic carbocycles. The molecular weight excluding hydrogens is 594 g/mol. The molecule has 0 fully saturated rings. The highest BCUT2D eigenvalue weighted by atomic mass is 16.5. The minimum absolute atomic E-state index is 0.402. The summed E-state index contributed by atoms with van der Waals surface area (Å²) in [6, 6.07) is 22.7. The fourth-order valence-electron chi connectivity index (χ4n) is 8.88. The third kappa shape index (κ3) is 8.38. The summed E-state index contributed by atoms with van der Waals surface area (Å²) < 4.78 is 16.7. The average Bonchev–Trinajstić information content (AvgIpc) is 3.09. The SMILES string of the molecule is COc1ccc2c(c1)CC(C)NC2CCCCC(CCC1NC(C)Cc2cc(OC)ccc21)CCC1NC(C)Cc2cc(OC)ccc21. The van der Waals surface area contributed by atoms with Crippen LogP contribution in [0.3, 0.4) is 0 Å². The van der Waals surface area contributed by atoms with Crippen LogP contribution in [-0.2, 0) is 19.3 Å². The Morgan fingerprint density at radius 3 is 1.27 bits per heavy atom. The Bertz CT molecular complexity index is 1430. The molecule has 0 bridgehead atoms. The van der Waals surface area contributed by atoms with Crippen molar-refractivity contribution in [1.82, 2.24) is 16.0 Å². The quantitative estimate of drug-likeness (QED) is 0.152. The van der Waals surface area contributed by atoms with Gasteiger partial charge in [-0.15, -0.1) is 0 Å². The highest BCUT2D eigenvalue weighted by Crippen LogP contribution is 2.37. The van der Waals surface area contributed by atoms with Crippen molar-refractivity contribution in [3.05, 3.63) is 88.0 Å². The molecule has 0 radical (unpaired) electrons. The van der Waals surface area contributed by atoms with Gasteiger partial charge in [-0.2, -0.15) is 0 Å². The number of fused-ring (bicyclic) bond motifs is 3. The zero-order chi connectivity index (χ0) is 33.6. The number of nitrogens with one attached hydrogen (secondary N) is 3. The maximum atomic E-state index is 5.57. The highest BCUT2D eigenvalue weighted by Gasteiger charge is 2.28. The van der Waals surface area contributed by atoms with Crippen LogP contribution in [0.4, 0.5) is 0 Å². The highest BCUT2D eigenvalue weighted by molar-refractivity contribution is 5.41. The maximum absolute atomic E-state index is 5.57. The lowest BCUT2D eigenvalue weighted by Gasteiger charge is -2.34. The third-order valence-corrected chi connectivity index (χ3v) is 11.3. The lowest BCUT2D eigenvalue weighted by molar-refractivity contribution is 0.303. The van der Waals surface area contributed by atoms with Gasteiger partial charge in [-0.1, -0.05) is 37.5 Å². The molecule has 0 saturated heterocycles. The van der Waals surface area contributed by atoms with Crippen LogP contribution in [0.5, 0.6) is 17.2 Å². The molecule has 48 heavy (non-hydrogen) atoms. The van der Waals surface area contributed by atoms with E-state index in [1.54, 1.807) is 21.3 Å². The third-order valence-electron chi connectivity index (χ3n) is 11.3. The smallest absolute Gasteiger partial charge is 0.119 e. The first kappa shape index (κ1) is 34.8. The summed E-state index contributed by atoms with van der Waals surface area (Å²) in [6.07, 6.45) is 13.0. The van der Waals surface area contributed by atoms with E-state index in [1.165, 1.54) is 84.7 Å². The predicted octanol–water partition coefficient (Wildman–Crippen LogP) is 8.58. The van der Waals surface area contributed by atoms with E-state index in [4.69, 9.17) is 14.2 Å². The van der Waals surface area contributed by atoms with Crippen LogP contribution < -0.4 is 30.2 Å². The van der Waals surface area contributed by atoms with Gasteiger partial charge < -0.3 is 30.2 Å². The van der Waals surface area contributed by atoms with Crippen LogP contribution in [0.25, 0.3) is 0 Å². The molecule has 0 amide bonds. The van der Waals surface area contributed by atoms with Gasteiger partial charge in [0, 0.05) is 36.3 Å². The summed E-state index contributed by atoms with van der Waals surface area (Å²) in [5.41, 5.74) is 8.73. The normalized spacial score (nSPS) is 25.4. The Labute approximate surface area is 289 Å². The Hall–Kier alpha value is -3.06. The number of unbranched alkanes of at least 4 members (excludes halogenated alkanes) is 1. The van der Waals surface area contributed by atoms with Crippen LogP contribution in [-0.4, -0.2) is 39.5 Å². The topological polar surface area (TPSA) is 63.8 Å². The van der Waals surface area contributed by atoms with Crippen LogP contribution in [0.1, 0.15) is 124 Å². The molecule has 3 heterocycles. The molecule has 0 saturated carbocycles. The number of hydrogen-bond acceptors (Lipinski definition) is 6. The van der Waals surface area contributed by atoms with E-state index in [-0.39, 0.29) is 0 Å². The van der Waals surface area contributed by atoms with E-state index in [1.807, 2.05) is 0 Å². The largest absolute Gasteiger partial charge is 0.497 e. The summed E-state index contributed by atoms with van der Waals surface area (Å²) in [4.78, 5) is 0. The summed E-state index contributed by atoms with van der Waals surface area (Å²) in [5.74, 6) is 3.60. The Morgan fingerprint density at radius 2 is 0.896 bits per heavy atom. The zero-order valence-corrected chi connectivity index (χ0v) is 30.2. The maximum Gasteiger partial charge on any atom is 0.119 e. The van der Waals surface area contributed by atoms with E-state index < -0.39 is 0 Å². The minimum atomic E-state index is 0.402. The number of benzene rings is 3. The van der Waals surface area contributed by atoms with Crippen molar-refractivity contribution in [2.75, 3.05) is 21.3 Å². The van der Waals surface area contributed by atoms with Crippen LogP contribution >= 0.6 is 0 Å². The molecule has 0 spiro atoms. The zero-order valence-electron chi connectivity index (χ0n) is 30.2. The summed E-state index contributed by atoms with van der Waals surface area (Å²) in [5, 5.41) is 11.8. The molecule has 3 aliphatic rings. The Kier molecular flexibility index (Phi) is 11.7. The van der Waals surface area contributed by atoms with Crippen LogP contribution in [0, 0.1) is 5.92 Å². The summed E-state index contributed by atoms with van der Waals surface area (Å²) in [7, 11) is 5.31. The lowest BCUT2D eigenvalue weighted by Crippen LogP contribution is -2.38. The molecule has 3 aliphatic heterocycles. The van der Waals surface area contributed by atoms with Gasteiger partial charge in [0.15, 0.2) is 0 Å². The number of methoxy groups -OCH3 is 3. The Morgan fingerprint density at radius 1 is 0.521 bits per heavy atom. The fourth-order valence-corrected chi connectivity index (χ4v) is 8.88. The van der Waals surface area contributed by atoms with Gasteiger partial charge in [-0.05, 0) is 148 Å². The van der Waals surface area contributed by atoms with Crippen LogP contribution in [0.15, 0.2) is 54.6 Å². The lowest BCUT2D eigenvalue weighted by atomic mass is 9.82. The van der Waals surface area contributed by atoms with Gasteiger partial charge in [-0.3, -0.25) is 0 Å². The molecular formula is C42H59N3O3. The van der Waals surface area contributed by atoms with Gasteiger partial charge in [0.25, 0.3) is 0 Å². The number of rotatable bonds is 14. The number of hydrogen-bond donors (Lipinski definition) is 3. The molecule has 3 aromatic rings. The second-order valence-corrected chi connectivity index (χ2v) is 15.0. The predicted molar refractivity (Wildman–Crippen MR) is 197 cm³/mol.